The van der Waals surface area contributed by atoms with Gasteiger partial charge in [-0.2, -0.15) is 0 Å². The second-order valence-corrected chi connectivity index (χ2v) is 10.2. The van der Waals surface area contributed by atoms with Crippen LogP contribution in [0.2, 0.25) is 0 Å². The second kappa shape index (κ2) is 9.44. The van der Waals surface area contributed by atoms with Gasteiger partial charge in [0.1, 0.15) is 10.6 Å². The molecule has 1 aliphatic heterocycles. The van der Waals surface area contributed by atoms with Gasteiger partial charge in [-0.05, 0) is 60.6 Å². The maximum atomic E-state index is 13.5. The summed E-state index contributed by atoms with van der Waals surface area (Å²) < 4.78 is 6.88. The van der Waals surface area contributed by atoms with Crippen molar-refractivity contribution in [1.82, 2.24) is 9.55 Å². The number of hydrogen-bond donors (Lipinski definition) is 0. The van der Waals surface area contributed by atoms with Crippen LogP contribution in [-0.2, 0) is 24.2 Å². The van der Waals surface area contributed by atoms with Gasteiger partial charge in [0, 0.05) is 23.1 Å². The Hall–Kier alpha value is -4.04. The number of ether oxygens (including phenoxy) is 1. The van der Waals surface area contributed by atoms with E-state index in [2.05, 4.69) is 29.8 Å². The highest BCUT2D eigenvalue weighted by Crippen LogP contribution is 2.35. The van der Waals surface area contributed by atoms with Crippen molar-refractivity contribution in [2.75, 3.05) is 18.1 Å². The van der Waals surface area contributed by atoms with Crippen LogP contribution in [0.15, 0.2) is 65.6 Å². The number of rotatable bonds is 6. The number of Topliss-reactive ketones (excluding diaryl/α,β-unsaturated/α-hetero) is 1. The minimum atomic E-state index is -0.256. The molecule has 3 heterocycles. The van der Waals surface area contributed by atoms with Gasteiger partial charge < -0.3 is 9.64 Å². The van der Waals surface area contributed by atoms with E-state index in [1.54, 1.807) is 29.2 Å². The third-order valence-corrected chi connectivity index (χ3v) is 7.96. The normalized spacial score (nSPS) is 14.7. The number of nitrogens with zero attached hydrogens (tertiary/aromatic N) is 3. The van der Waals surface area contributed by atoms with E-state index >= 15 is 0 Å². The zero-order valence-electron chi connectivity index (χ0n) is 20.2. The summed E-state index contributed by atoms with van der Waals surface area (Å²) >= 11 is 1.44. The van der Waals surface area contributed by atoms with Gasteiger partial charge in [0.15, 0.2) is 12.4 Å². The third-order valence-electron chi connectivity index (χ3n) is 7.07. The Morgan fingerprint density at radius 1 is 1.11 bits per heavy atom. The zero-order chi connectivity index (χ0) is 25.5. The number of carbonyl (C=O) groups is 2. The van der Waals surface area contributed by atoms with E-state index in [-0.39, 0.29) is 30.4 Å². The predicted octanol–water partition coefficient (Wildman–Crippen LogP) is 4.80. The highest BCUT2D eigenvalue weighted by atomic mass is 32.1. The van der Waals surface area contributed by atoms with Crippen LogP contribution >= 0.6 is 11.3 Å². The lowest BCUT2D eigenvalue weighted by Crippen LogP contribution is -2.39. The molecule has 0 unspecified atom stereocenters. The summed E-state index contributed by atoms with van der Waals surface area (Å²) in [4.78, 5) is 45.8. The molecule has 8 heteroatoms. The van der Waals surface area contributed by atoms with Crippen LogP contribution in [0.5, 0.6) is 5.75 Å². The number of ketones is 1. The first kappa shape index (κ1) is 23.4. The number of hydrogen-bond acceptors (Lipinski definition) is 6. The molecule has 0 fully saturated rings. The monoisotopic (exact) mass is 511 g/mol. The van der Waals surface area contributed by atoms with E-state index in [0.717, 1.165) is 24.0 Å². The lowest BCUT2D eigenvalue weighted by molar-refractivity contribution is -0.121. The molecule has 7 nitrogen and oxygen atoms in total. The van der Waals surface area contributed by atoms with Crippen molar-refractivity contribution < 1.29 is 14.3 Å². The molecular weight excluding hydrogens is 486 g/mol. The van der Waals surface area contributed by atoms with Gasteiger partial charge >= 0.3 is 0 Å². The number of aryl methyl sites for hydroxylation is 2. The number of thiophene rings is 1. The summed E-state index contributed by atoms with van der Waals surface area (Å²) in [6.07, 6.45) is 7.63. The molecule has 0 saturated carbocycles. The molecular formula is C29H25N3O4S. The van der Waals surface area contributed by atoms with Crippen molar-refractivity contribution in [2.45, 2.75) is 32.2 Å². The average Bonchev–Trinajstić information content (AvgIpc) is 3.36. The summed E-state index contributed by atoms with van der Waals surface area (Å²) in [7, 11) is 0. The second-order valence-electron chi connectivity index (χ2n) is 9.39. The molecule has 0 atom stereocenters. The van der Waals surface area contributed by atoms with Gasteiger partial charge in [-0.3, -0.25) is 19.0 Å². The smallest absolute Gasteiger partial charge is 0.265 e. The number of benzene rings is 2. The number of amides is 1. The van der Waals surface area contributed by atoms with Crippen molar-refractivity contribution in [2.24, 2.45) is 0 Å². The minimum absolute atomic E-state index is 0.0532. The van der Waals surface area contributed by atoms with Crippen LogP contribution < -0.4 is 15.2 Å². The number of carbonyl (C=O) groups excluding carboxylic acids is 2. The van der Waals surface area contributed by atoms with E-state index in [9.17, 15) is 14.4 Å². The van der Waals surface area contributed by atoms with Crippen LogP contribution in [0.1, 0.15) is 34.3 Å². The molecule has 2 aliphatic rings. The molecule has 2 aromatic heterocycles. The fraction of sp³-hybridized carbons (Fsp3) is 0.241. The molecule has 6 rings (SSSR count). The predicted molar refractivity (Wildman–Crippen MR) is 145 cm³/mol. The summed E-state index contributed by atoms with van der Waals surface area (Å²) in [5.74, 6) is 0.0782. The van der Waals surface area contributed by atoms with Crippen LogP contribution in [0.3, 0.4) is 0 Å². The van der Waals surface area contributed by atoms with E-state index in [4.69, 9.17) is 4.74 Å². The molecule has 0 spiro atoms. The highest BCUT2D eigenvalue weighted by molar-refractivity contribution is 7.17. The third kappa shape index (κ3) is 4.17. The molecule has 37 heavy (non-hydrogen) atoms. The van der Waals surface area contributed by atoms with Crippen molar-refractivity contribution in [1.29, 1.82) is 0 Å². The van der Waals surface area contributed by atoms with Gasteiger partial charge in [-0.25, -0.2) is 4.98 Å². The van der Waals surface area contributed by atoms with Crippen LogP contribution in [0, 0.1) is 0 Å². The van der Waals surface area contributed by atoms with Crippen molar-refractivity contribution in [3.8, 4) is 16.9 Å². The Kier molecular flexibility index (Phi) is 5.96. The maximum Gasteiger partial charge on any atom is 0.265 e. The summed E-state index contributed by atoms with van der Waals surface area (Å²) in [6.45, 7) is 3.82. The van der Waals surface area contributed by atoms with Gasteiger partial charge in [0.25, 0.3) is 11.5 Å². The Morgan fingerprint density at radius 3 is 2.78 bits per heavy atom. The molecule has 4 aromatic rings. The first-order valence-corrected chi connectivity index (χ1v) is 13.2. The number of aromatic nitrogens is 2. The van der Waals surface area contributed by atoms with Gasteiger partial charge in [-0.1, -0.05) is 24.3 Å². The Morgan fingerprint density at radius 2 is 1.95 bits per heavy atom. The highest BCUT2D eigenvalue weighted by Gasteiger charge is 2.26. The molecule has 0 radical (unpaired) electrons. The Balaban J connectivity index is 1.33. The number of fused-ring (bicyclic) bond motifs is 3. The van der Waals surface area contributed by atoms with E-state index < -0.39 is 0 Å². The minimum Gasteiger partial charge on any atom is -0.482 e. The Bertz CT molecular complexity index is 1630. The fourth-order valence-electron chi connectivity index (χ4n) is 5.14. The molecule has 0 N–H and O–H groups in total. The van der Waals surface area contributed by atoms with E-state index in [1.807, 2.05) is 5.38 Å². The van der Waals surface area contributed by atoms with Crippen LogP contribution in [0.4, 0.5) is 5.69 Å². The maximum absolute atomic E-state index is 13.5. The van der Waals surface area contributed by atoms with Crippen molar-refractivity contribution in [3.63, 3.8) is 0 Å². The molecule has 0 saturated heterocycles. The summed E-state index contributed by atoms with van der Waals surface area (Å²) in [5.41, 5.74) is 5.28. The lowest BCUT2D eigenvalue weighted by Gasteiger charge is -2.28. The molecule has 1 amide bonds. The van der Waals surface area contributed by atoms with Crippen molar-refractivity contribution >= 4 is 38.9 Å². The largest absolute Gasteiger partial charge is 0.482 e. The van der Waals surface area contributed by atoms with Gasteiger partial charge in [-0.15, -0.1) is 17.9 Å². The van der Waals surface area contributed by atoms with Crippen molar-refractivity contribution in [3.05, 3.63) is 87.8 Å². The molecule has 1 aliphatic carbocycles. The first-order valence-electron chi connectivity index (χ1n) is 12.3. The SMILES string of the molecule is C=CCN1C(=O)COc2ccc(C(=O)Cn3cnc4scc(-c5ccc6c(c5)CCCC6)c4c3=O)cc21. The average molecular weight is 512 g/mol. The van der Waals surface area contributed by atoms with Crippen LogP contribution in [0.25, 0.3) is 21.3 Å². The topological polar surface area (TPSA) is 81.5 Å². The van der Waals surface area contributed by atoms with E-state index in [0.29, 0.717) is 33.8 Å². The standard InChI is InChI=1S/C29H25N3O4S/c1-2-11-32-23-13-21(9-10-25(23)36-15-26(32)34)24(33)14-31-17-30-28-27(29(31)35)22(16-37-28)20-8-7-18-5-3-4-6-19(18)12-20/h2,7-10,12-13,16-17H,1,3-6,11,14-15H2. The lowest BCUT2D eigenvalue weighted by atomic mass is 9.89. The Labute approximate surface area is 217 Å². The zero-order valence-corrected chi connectivity index (χ0v) is 21.1. The summed E-state index contributed by atoms with van der Waals surface area (Å²) in [6, 6.07) is 11.4. The quantitative estimate of drug-likeness (QED) is 0.274. The molecule has 2 aromatic carbocycles. The van der Waals surface area contributed by atoms with Gasteiger partial charge in [0.05, 0.1) is 23.9 Å². The van der Waals surface area contributed by atoms with Crippen LogP contribution in [-0.4, -0.2) is 34.4 Å². The number of anilines is 1. The summed E-state index contributed by atoms with van der Waals surface area (Å²) in [5, 5.41) is 2.52. The van der Waals surface area contributed by atoms with Gasteiger partial charge in [0.2, 0.25) is 0 Å². The first-order chi connectivity index (χ1) is 18.0. The van der Waals surface area contributed by atoms with E-state index in [1.165, 1.54) is 46.2 Å². The molecule has 0 bridgehead atoms. The fourth-order valence-corrected chi connectivity index (χ4v) is 6.05. The molecule has 186 valence electrons.